The van der Waals surface area contributed by atoms with Gasteiger partial charge in [0.2, 0.25) is 4.80 Å². The molecule has 2 heterocycles. The molecule has 5 nitrogen and oxygen atoms in total. The van der Waals surface area contributed by atoms with Crippen LogP contribution in [0.3, 0.4) is 0 Å². The lowest BCUT2D eigenvalue weighted by molar-refractivity contribution is 0.431. The van der Waals surface area contributed by atoms with Crippen LogP contribution in [-0.2, 0) is 7.05 Å². The second-order valence-electron chi connectivity index (χ2n) is 4.13. The average Bonchev–Trinajstić information content (AvgIpc) is 2.99. The van der Waals surface area contributed by atoms with Gasteiger partial charge >= 0.3 is 0 Å². The van der Waals surface area contributed by atoms with Crippen molar-refractivity contribution in [3.63, 3.8) is 0 Å². The van der Waals surface area contributed by atoms with E-state index in [0.29, 0.717) is 5.76 Å². The lowest BCUT2D eigenvalue weighted by atomic mass is 10.2. The summed E-state index contributed by atoms with van der Waals surface area (Å²) in [5.41, 5.74) is 0. The average molecular weight is 266 g/mol. The predicted octanol–water partition coefficient (Wildman–Crippen LogP) is 2.62. The van der Waals surface area contributed by atoms with Crippen molar-refractivity contribution in [1.82, 2.24) is 14.9 Å². The zero-order valence-corrected chi connectivity index (χ0v) is 11.6. The molecule has 0 aliphatic heterocycles. The van der Waals surface area contributed by atoms with Gasteiger partial charge in [0.25, 0.3) is 0 Å². The van der Waals surface area contributed by atoms with Gasteiger partial charge in [-0.05, 0) is 6.42 Å². The van der Waals surface area contributed by atoms with E-state index < -0.39 is 0 Å². The number of nitrogens with zero attached hydrogens (tertiary/aromatic N) is 4. The number of hydrogen-bond acceptors (Lipinski definition) is 5. The van der Waals surface area contributed by atoms with Crippen molar-refractivity contribution >= 4 is 11.3 Å². The molecule has 0 aliphatic carbocycles. The molecular weight excluding hydrogens is 248 g/mol. The maximum atomic E-state index is 5.09. The lowest BCUT2D eigenvalue weighted by Gasteiger charge is -1.93. The Bertz CT molecular complexity index is 527. The monoisotopic (exact) mass is 266 g/mol. The maximum Gasteiger partial charge on any atom is 0.203 e. The molecule has 2 rings (SSSR count). The van der Waals surface area contributed by atoms with E-state index in [4.69, 9.17) is 4.52 Å². The van der Waals surface area contributed by atoms with Gasteiger partial charge in [0.1, 0.15) is 0 Å². The quantitative estimate of drug-likeness (QED) is 0.755. The van der Waals surface area contributed by atoms with Crippen LogP contribution in [-0.4, -0.2) is 21.5 Å². The van der Waals surface area contributed by atoms with Crippen molar-refractivity contribution in [2.45, 2.75) is 32.6 Å². The van der Waals surface area contributed by atoms with Gasteiger partial charge in [-0.25, -0.2) is 4.68 Å². The molecule has 0 fully saturated rings. The summed E-state index contributed by atoms with van der Waals surface area (Å²) in [6.07, 6.45) is 6.55. The zero-order valence-electron chi connectivity index (χ0n) is 10.8. The van der Waals surface area contributed by atoms with E-state index in [-0.39, 0.29) is 0 Å². The molecule has 2 aromatic heterocycles. The summed E-state index contributed by atoms with van der Waals surface area (Å²) in [7, 11) is 1.90. The van der Waals surface area contributed by atoms with Crippen molar-refractivity contribution < 1.29 is 4.52 Å². The highest BCUT2D eigenvalue weighted by Crippen LogP contribution is 2.17. The van der Waals surface area contributed by atoms with Crippen LogP contribution in [0.25, 0.3) is 10.8 Å². The topological polar surface area (TPSA) is 56.2 Å². The first-order valence-corrected chi connectivity index (χ1v) is 7.08. The number of rotatable bonds is 6. The van der Waals surface area contributed by atoms with E-state index in [1.54, 1.807) is 10.9 Å². The first-order chi connectivity index (χ1) is 8.81. The SMILES string of the molecule is CCCCCC/N=c1\sc(-c2ccno2)nn1C. The Hall–Kier alpha value is -1.43. The molecule has 0 radical (unpaired) electrons. The maximum absolute atomic E-state index is 5.09. The van der Waals surface area contributed by atoms with E-state index in [2.05, 4.69) is 22.2 Å². The highest BCUT2D eigenvalue weighted by Gasteiger charge is 2.07. The van der Waals surface area contributed by atoms with Crippen LogP contribution in [0.1, 0.15) is 32.6 Å². The molecule has 98 valence electrons. The van der Waals surface area contributed by atoms with Gasteiger partial charge in [0.05, 0.1) is 6.20 Å². The molecule has 0 amide bonds. The number of hydrogen-bond donors (Lipinski definition) is 0. The van der Waals surface area contributed by atoms with E-state index >= 15 is 0 Å². The summed E-state index contributed by atoms with van der Waals surface area (Å²) in [5.74, 6) is 0.697. The van der Waals surface area contributed by atoms with Crippen LogP contribution < -0.4 is 4.80 Å². The Morgan fingerprint density at radius 3 is 3.00 bits per heavy atom. The highest BCUT2D eigenvalue weighted by molar-refractivity contribution is 7.12. The minimum atomic E-state index is 0.697. The molecule has 0 aromatic carbocycles. The van der Waals surface area contributed by atoms with Gasteiger partial charge in [0.15, 0.2) is 10.8 Å². The molecule has 0 bridgehead atoms. The van der Waals surface area contributed by atoms with Gasteiger partial charge in [-0.1, -0.05) is 42.7 Å². The Kier molecular flexibility index (Phi) is 4.69. The van der Waals surface area contributed by atoms with E-state index in [1.165, 1.54) is 30.6 Å². The van der Waals surface area contributed by atoms with Crippen LogP contribution in [0.2, 0.25) is 0 Å². The first-order valence-electron chi connectivity index (χ1n) is 6.27. The van der Waals surface area contributed by atoms with Crippen molar-refractivity contribution in [3.05, 3.63) is 17.1 Å². The van der Waals surface area contributed by atoms with Crippen molar-refractivity contribution in [1.29, 1.82) is 0 Å². The van der Waals surface area contributed by atoms with Crippen LogP contribution >= 0.6 is 11.3 Å². The lowest BCUT2D eigenvalue weighted by Crippen LogP contribution is -2.12. The fourth-order valence-corrected chi connectivity index (χ4v) is 2.50. The molecule has 6 heteroatoms. The van der Waals surface area contributed by atoms with Crippen LogP contribution in [0.4, 0.5) is 0 Å². The summed E-state index contributed by atoms with van der Waals surface area (Å²) in [4.78, 5) is 5.49. The molecule has 0 saturated carbocycles. The third kappa shape index (κ3) is 3.29. The van der Waals surface area contributed by atoms with Gasteiger partial charge in [-0.15, -0.1) is 0 Å². The van der Waals surface area contributed by atoms with E-state index in [9.17, 15) is 0 Å². The summed E-state index contributed by atoms with van der Waals surface area (Å²) < 4.78 is 6.88. The molecule has 0 atom stereocenters. The van der Waals surface area contributed by atoms with Crippen LogP contribution in [0.5, 0.6) is 0 Å². The summed E-state index contributed by atoms with van der Waals surface area (Å²) in [6.45, 7) is 3.08. The second kappa shape index (κ2) is 6.49. The normalized spacial score (nSPS) is 12.2. The molecule has 0 spiro atoms. The van der Waals surface area contributed by atoms with Crippen LogP contribution in [0, 0.1) is 0 Å². The molecule has 0 saturated heterocycles. The van der Waals surface area contributed by atoms with E-state index in [1.807, 2.05) is 13.1 Å². The molecule has 0 aliphatic rings. The third-order valence-corrected chi connectivity index (χ3v) is 3.67. The fourth-order valence-electron chi connectivity index (χ4n) is 1.63. The van der Waals surface area contributed by atoms with Crippen molar-refractivity contribution in [3.8, 4) is 10.8 Å². The van der Waals surface area contributed by atoms with Gasteiger partial charge < -0.3 is 4.52 Å². The number of aryl methyl sites for hydroxylation is 1. The third-order valence-electron chi connectivity index (χ3n) is 2.61. The molecular formula is C12H18N4OS. The molecule has 2 aromatic rings. The molecule has 0 unspecified atom stereocenters. The van der Waals surface area contributed by atoms with E-state index in [0.717, 1.165) is 22.8 Å². The minimum absolute atomic E-state index is 0.697. The Labute approximate surface area is 110 Å². The Morgan fingerprint density at radius 2 is 2.28 bits per heavy atom. The molecule has 18 heavy (non-hydrogen) atoms. The van der Waals surface area contributed by atoms with Gasteiger partial charge in [0, 0.05) is 19.7 Å². The predicted molar refractivity (Wildman–Crippen MR) is 71.2 cm³/mol. The summed E-state index contributed by atoms with van der Waals surface area (Å²) in [6, 6.07) is 1.81. The van der Waals surface area contributed by atoms with Crippen molar-refractivity contribution in [2.24, 2.45) is 12.0 Å². The smallest absolute Gasteiger partial charge is 0.203 e. The number of aromatic nitrogens is 3. The van der Waals surface area contributed by atoms with Crippen molar-refractivity contribution in [2.75, 3.05) is 6.54 Å². The zero-order chi connectivity index (χ0) is 12.8. The fraction of sp³-hybridized carbons (Fsp3) is 0.583. The Morgan fingerprint density at radius 1 is 1.39 bits per heavy atom. The largest absolute Gasteiger partial charge is 0.354 e. The molecule has 0 N–H and O–H groups in total. The number of unbranched alkanes of at least 4 members (excludes halogenated alkanes) is 3. The second-order valence-corrected chi connectivity index (χ2v) is 5.09. The van der Waals surface area contributed by atoms with Gasteiger partial charge in [-0.3, -0.25) is 4.99 Å². The van der Waals surface area contributed by atoms with Crippen LogP contribution in [0.15, 0.2) is 21.8 Å². The highest BCUT2D eigenvalue weighted by atomic mass is 32.1. The Balaban J connectivity index is 2.03. The first kappa shape index (κ1) is 13.0. The standard InChI is InChI=1S/C12H18N4OS/c1-3-4-5-6-8-13-12-16(2)15-11(18-12)10-7-9-14-17-10/h7,9H,3-6,8H2,1-2H3/b13-12-. The summed E-state index contributed by atoms with van der Waals surface area (Å²) in [5, 5.41) is 8.88. The van der Waals surface area contributed by atoms with Gasteiger partial charge in [-0.2, -0.15) is 5.10 Å². The summed E-state index contributed by atoms with van der Waals surface area (Å²) >= 11 is 1.53. The minimum Gasteiger partial charge on any atom is -0.354 e.